The molecule has 26 heavy (non-hydrogen) atoms. The van der Waals surface area contributed by atoms with Crippen LogP contribution < -0.4 is 16.2 Å². The maximum atomic E-state index is 12.8. The Bertz CT molecular complexity index is 621. The van der Waals surface area contributed by atoms with Crippen LogP contribution in [0.5, 0.6) is 0 Å². The van der Waals surface area contributed by atoms with E-state index in [4.69, 9.17) is 21.5 Å². The lowest BCUT2D eigenvalue weighted by molar-refractivity contribution is -0.144. The third kappa shape index (κ3) is 5.15. The van der Waals surface area contributed by atoms with Crippen LogP contribution in [-0.2, 0) is 15.0 Å². The summed E-state index contributed by atoms with van der Waals surface area (Å²) in [6.45, 7) is 6.23. The Morgan fingerprint density at radius 1 is 1.35 bits per heavy atom. The third-order valence-corrected chi connectivity index (χ3v) is 7.06. The number of rotatable bonds is 9. The van der Waals surface area contributed by atoms with Crippen LogP contribution in [0.25, 0.3) is 0 Å². The number of nitrogens with one attached hydrogen (secondary N) is 1. The highest BCUT2D eigenvalue weighted by atomic mass is 32.2. The first kappa shape index (κ1) is 23.3. The van der Waals surface area contributed by atoms with Crippen LogP contribution in [0.4, 0.5) is 0 Å². The first-order valence-corrected chi connectivity index (χ1v) is 9.93. The Kier molecular flexibility index (Phi) is 6.90. The maximum Gasteiger partial charge on any atom is 0.451 e. The highest BCUT2D eigenvalue weighted by molar-refractivity contribution is 7.87. The van der Waals surface area contributed by atoms with E-state index in [0.29, 0.717) is 6.42 Å². The number of carbonyl (C=O) groups is 1. The van der Waals surface area contributed by atoms with E-state index in [1.807, 2.05) is 0 Å². The summed E-state index contributed by atoms with van der Waals surface area (Å²) < 4.78 is 29.1. The van der Waals surface area contributed by atoms with Gasteiger partial charge >= 0.3 is 13.1 Å². The molecule has 1 fully saturated rings. The van der Waals surface area contributed by atoms with E-state index < -0.39 is 45.8 Å². The summed E-state index contributed by atoms with van der Waals surface area (Å²) >= 11 is 0. The van der Waals surface area contributed by atoms with E-state index in [-0.39, 0.29) is 25.8 Å². The van der Waals surface area contributed by atoms with Gasteiger partial charge in [0.25, 0.3) is 10.2 Å². The van der Waals surface area contributed by atoms with Crippen LogP contribution in [0.2, 0.25) is 6.32 Å². The number of nitrogens with zero attached hydrogens (tertiary/aromatic N) is 1. The van der Waals surface area contributed by atoms with Crippen LogP contribution in [-0.4, -0.2) is 70.7 Å². The zero-order valence-corrected chi connectivity index (χ0v) is 16.6. The van der Waals surface area contributed by atoms with E-state index in [9.17, 15) is 18.3 Å². The Balaban J connectivity index is 2.99. The molecule has 1 aliphatic rings. The standard InChI is InChI=1S/C14H31BN4O6S/c1-12(2,16)13(3,4)18-26(24,25)19-8-10(6-5-7-15(22)23)14(17,9-19)11(20)21/h10,18,22-23H,5-9,16-17H2,1-4H3,(H,20,21)/t10-,14-/m0/s1. The Hall–Kier alpha value is -0.755. The van der Waals surface area contributed by atoms with Gasteiger partial charge in [-0.3, -0.25) is 4.79 Å². The van der Waals surface area contributed by atoms with Gasteiger partial charge in [-0.25, -0.2) is 0 Å². The van der Waals surface area contributed by atoms with Gasteiger partial charge in [-0.05, 0) is 40.4 Å². The molecule has 12 heteroatoms. The molecule has 0 amide bonds. The molecule has 0 aromatic heterocycles. The molecule has 0 aromatic carbocycles. The first-order chi connectivity index (χ1) is 11.5. The molecule has 0 aromatic rings. The summed E-state index contributed by atoms with van der Waals surface area (Å²) in [5, 5.41) is 27.4. The van der Waals surface area contributed by atoms with Crippen LogP contribution in [0.1, 0.15) is 40.5 Å². The maximum absolute atomic E-state index is 12.8. The molecule has 1 saturated heterocycles. The quantitative estimate of drug-likeness (QED) is 0.251. The van der Waals surface area contributed by atoms with Crippen molar-refractivity contribution in [1.82, 2.24) is 9.03 Å². The highest BCUT2D eigenvalue weighted by Crippen LogP contribution is 2.32. The smallest absolute Gasteiger partial charge is 0.451 e. The summed E-state index contributed by atoms with van der Waals surface area (Å²) in [7, 11) is -5.52. The molecule has 0 radical (unpaired) electrons. The van der Waals surface area contributed by atoms with E-state index in [1.165, 1.54) is 0 Å². The highest BCUT2D eigenvalue weighted by Gasteiger charge is 2.53. The Morgan fingerprint density at radius 3 is 2.31 bits per heavy atom. The Labute approximate surface area is 155 Å². The van der Waals surface area contributed by atoms with Gasteiger partial charge < -0.3 is 26.6 Å². The van der Waals surface area contributed by atoms with Gasteiger partial charge in [0, 0.05) is 30.1 Å². The van der Waals surface area contributed by atoms with Crippen molar-refractivity contribution in [2.45, 2.75) is 63.5 Å². The van der Waals surface area contributed by atoms with E-state index >= 15 is 0 Å². The second-order valence-electron chi connectivity index (χ2n) is 8.20. The summed E-state index contributed by atoms with van der Waals surface area (Å²) in [5.74, 6) is -1.94. The summed E-state index contributed by atoms with van der Waals surface area (Å²) in [4.78, 5) is 11.7. The molecule has 0 saturated carbocycles. The molecular weight excluding hydrogens is 363 g/mol. The molecule has 0 bridgehead atoms. The Morgan fingerprint density at radius 2 is 1.88 bits per heavy atom. The molecule has 1 aliphatic heterocycles. The average molecular weight is 394 g/mol. The minimum atomic E-state index is -4.02. The van der Waals surface area contributed by atoms with Crippen molar-refractivity contribution in [3.05, 3.63) is 0 Å². The van der Waals surface area contributed by atoms with Crippen molar-refractivity contribution in [2.75, 3.05) is 13.1 Å². The van der Waals surface area contributed by atoms with E-state index in [0.717, 1.165) is 4.31 Å². The number of carboxylic acid groups (broad SMARTS) is 1. The van der Waals surface area contributed by atoms with Crippen LogP contribution in [0.15, 0.2) is 0 Å². The fourth-order valence-electron chi connectivity index (χ4n) is 2.73. The molecule has 0 unspecified atom stereocenters. The minimum Gasteiger partial charge on any atom is -0.480 e. The molecule has 8 N–H and O–H groups in total. The van der Waals surface area contributed by atoms with Gasteiger partial charge in [0.2, 0.25) is 0 Å². The van der Waals surface area contributed by atoms with Crippen molar-refractivity contribution < 1.29 is 28.4 Å². The van der Waals surface area contributed by atoms with Crippen molar-refractivity contribution in [2.24, 2.45) is 17.4 Å². The topological polar surface area (TPSA) is 179 Å². The van der Waals surface area contributed by atoms with Crippen molar-refractivity contribution in [1.29, 1.82) is 0 Å². The normalized spacial score (nSPS) is 25.5. The van der Waals surface area contributed by atoms with Gasteiger partial charge in [-0.1, -0.05) is 6.42 Å². The monoisotopic (exact) mass is 394 g/mol. The SMILES string of the molecule is CC(C)(N)C(C)(C)NS(=O)(=O)N1C[C@H](CCCB(O)O)[C@](N)(C(=O)O)C1. The molecular formula is C14H31BN4O6S. The molecule has 0 spiro atoms. The summed E-state index contributed by atoms with van der Waals surface area (Å²) in [5.41, 5.74) is 8.47. The number of nitrogens with two attached hydrogens (primary N) is 2. The largest absolute Gasteiger partial charge is 0.480 e. The second kappa shape index (κ2) is 7.70. The van der Waals surface area contributed by atoms with Gasteiger partial charge in [0.1, 0.15) is 5.54 Å². The number of carboxylic acids is 1. The van der Waals surface area contributed by atoms with Gasteiger partial charge in [0.15, 0.2) is 0 Å². The zero-order chi connectivity index (χ0) is 20.6. The average Bonchev–Trinajstić information content (AvgIpc) is 2.76. The molecule has 2 atom stereocenters. The van der Waals surface area contributed by atoms with E-state index in [1.54, 1.807) is 27.7 Å². The number of aliphatic carboxylic acids is 1. The van der Waals surface area contributed by atoms with E-state index in [2.05, 4.69) is 4.72 Å². The lowest BCUT2D eigenvalue weighted by atomic mass is 9.78. The number of hydrogen-bond acceptors (Lipinski definition) is 7. The van der Waals surface area contributed by atoms with Gasteiger partial charge in [-0.15, -0.1) is 0 Å². The third-order valence-electron chi connectivity index (χ3n) is 5.34. The van der Waals surface area contributed by atoms with Crippen LogP contribution >= 0.6 is 0 Å². The van der Waals surface area contributed by atoms with Gasteiger partial charge in [0.05, 0.1) is 0 Å². The molecule has 10 nitrogen and oxygen atoms in total. The molecule has 1 heterocycles. The fraction of sp³-hybridized carbons (Fsp3) is 0.929. The van der Waals surface area contributed by atoms with Crippen LogP contribution in [0, 0.1) is 5.92 Å². The summed E-state index contributed by atoms with van der Waals surface area (Å²) in [6, 6.07) is 0. The second-order valence-corrected chi connectivity index (χ2v) is 9.87. The minimum absolute atomic E-state index is 0.0611. The molecule has 0 aliphatic carbocycles. The molecule has 152 valence electrons. The van der Waals surface area contributed by atoms with Crippen molar-refractivity contribution in [3.63, 3.8) is 0 Å². The predicted molar refractivity (Wildman–Crippen MR) is 98.3 cm³/mol. The summed E-state index contributed by atoms with van der Waals surface area (Å²) in [6.07, 6.45) is 0.640. The van der Waals surface area contributed by atoms with Crippen molar-refractivity contribution in [3.8, 4) is 0 Å². The lowest BCUT2D eigenvalue weighted by Gasteiger charge is -2.39. The fourth-order valence-corrected chi connectivity index (χ4v) is 4.53. The lowest BCUT2D eigenvalue weighted by Crippen LogP contribution is -2.64. The predicted octanol–water partition coefficient (Wildman–Crippen LogP) is -1.70. The molecule has 1 rings (SSSR count). The number of hydrogen-bond donors (Lipinski definition) is 6. The first-order valence-electron chi connectivity index (χ1n) is 8.49. The van der Waals surface area contributed by atoms with Gasteiger partial charge in [-0.2, -0.15) is 17.4 Å². The zero-order valence-electron chi connectivity index (χ0n) is 15.8. The van der Waals surface area contributed by atoms with Crippen LogP contribution in [0.3, 0.4) is 0 Å². The van der Waals surface area contributed by atoms with Crippen molar-refractivity contribution >= 4 is 23.3 Å².